The molecule has 7 heteroatoms. The van der Waals surface area contributed by atoms with E-state index in [4.69, 9.17) is 0 Å². The lowest BCUT2D eigenvalue weighted by atomic mass is 10.1. The van der Waals surface area contributed by atoms with Gasteiger partial charge in [-0.2, -0.15) is 0 Å². The second kappa shape index (κ2) is 5.74. The fourth-order valence-electron chi connectivity index (χ4n) is 2.19. The van der Waals surface area contributed by atoms with Gasteiger partial charge in [-0.05, 0) is 18.6 Å². The van der Waals surface area contributed by atoms with E-state index in [0.29, 0.717) is 19.4 Å². The predicted molar refractivity (Wildman–Crippen MR) is 74.9 cm³/mol. The van der Waals surface area contributed by atoms with Gasteiger partial charge >= 0.3 is 0 Å². The minimum absolute atomic E-state index is 0.0236. The Morgan fingerprint density at radius 2 is 2.14 bits per heavy atom. The van der Waals surface area contributed by atoms with E-state index in [-0.39, 0.29) is 23.6 Å². The molecule has 0 radical (unpaired) electrons. The van der Waals surface area contributed by atoms with Crippen LogP contribution in [0.5, 0.6) is 0 Å². The van der Waals surface area contributed by atoms with Crippen LogP contribution in [0.15, 0.2) is 36.5 Å². The largest absolute Gasteiger partial charge is 0.354 e. The average Bonchev–Trinajstić information content (AvgIpc) is 3.00. The minimum Gasteiger partial charge on any atom is -0.354 e. The number of nitrogens with zero attached hydrogens (tertiary/aromatic N) is 3. The van der Waals surface area contributed by atoms with Crippen LogP contribution >= 0.6 is 0 Å². The summed E-state index contributed by atoms with van der Waals surface area (Å²) in [4.78, 5) is 23.2. The maximum Gasteiger partial charge on any atom is 0.273 e. The highest BCUT2D eigenvalue weighted by Crippen LogP contribution is 2.07. The number of carbonyl (C=O) groups excluding carboxylic acids is 2. The summed E-state index contributed by atoms with van der Waals surface area (Å²) in [6.45, 7) is 0.456. The second-order valence-electron chi connectivity index (χ2n) is 4.90. The molecule has 7 nitrogen and oxygen atoms in total. The minimum atomic E-state index is -0.279. The number of piperidine rings is 1. The van der Waals surface area contributed by atoms with E-state index in [9.17, 15) is 9.59 Å². The van der Waals surface area contributed by atoms with Crippen LogP contribution in [0.4, 0.5) is 0 Å². The van der Waals surface area contributed by atoms with Gasteiger partial charge in [0.15, 0.2) is 5.69 Å². The highest BCUT2D eigenvalue weighted by molar-refractivity contribution is 5.92. The smallest absolute Gasteiger partial charge is 0.273 e. The van der Waals surface area contributed by atoms with Crippen molar-refractivity contribution in [3.8, 4) is 5.69 Å². The van der Waals surface area contributed by atoms with Gasteiger partial charge in [0, 0.05) is 19.0 Å². The molecule has 0 bridgehead atoms. The monoisotopic (exact) mass is 285 g/mol. The molecule has 1 aromatic carbocycles. The van der Waals surface area contributed by atoms with Crippen molar-refractivity contribution < 1.29 is 9.59 Å². The molecule has 2 heterocycles. The van der Waals surface area contributed by atoms with Crippen LogP contribution in [-0.2, 0) is 4.79 Å². The van der Waals surface area contributed by atoms with E-state index < -0.39 is 0 Å². The molecule has 1 aromatic heterocycles. The van der Waals surface area contributed by atoms with Crippen molar-refractivity contribution in [2.75, 3.05) is 6.54 Å². The Morgan fingerprint density at radius 1 is 1.33 bits per heavy atom. The Balaban J connectivity index is 1.66. The van der Waals surface area contributed by atoms with Crippen molar-refractivity contribution in [1.29, 1.82) is 0 Å². The average molecular weight is 285 g/mol. The lowest BCUT2D eigenvalue weighted by molar-refractivity contribution is -0.122. The van der Waals surface area contributed by atoms with Gasteiger partial charge in [-0.1, -0.05) is 23.4 Å². The number of para-hydroxylation sites is 1. The molecule has 1 unspecified atom stereocenters. The standard InChI is InChI=1S/C14H15N5O2/c20-13-7-6-10(8-15-13)16-14(21)12-9-19(18-17-12)11-4-2-1-3-5-11/h1-5,9-10H,6-8H2,(H,15,20)(H,16,21). The van der Waals surface area contributed by atoms with E-state index >= 15 is 0 Å². The van der Waals surface area contributed by atoms with Crippen molar-refractivity contribution in [2.24, 2.45) is 0 Å². The highest BCUT2D eigenvalue weighted by atomic mass is 16.2. The molecule has 1 fully saturated rings. The van der Waals surface area contributed by atoms with Crippen LogP contribution in [0.25, 0.3) is 5.69 Å². The van der Waals surface area contributed by atoms with Gasteiger partial charge in [0.2, 0.25) is 5.91 Å². The summed E-state index contributed by atoms with van der Waals surface area (Å²) >= 11 is 0. The Kier molecular flexibility index (Phi) is 3.63. The first-order valence-corrected chi connectivity index (χ1v) is 6.78. The molecule has 1 aliphatic heterocycles. The summed E-state index contributed by atoms with van der Waals surface area (Å²) in [7, 11) is 0. The van der Waals surface area contributed by atoms with Crippen LogP contribution in [0.1, 0.15) is 23.3 Å². The SMILES string of the molecule is O=C1CCC(NC(=O)c2cn(-c3ccccc3)nn2)CN1. The van der Waals surface area contributed by atoms with E-state index in [2.05, 4.69) is 20.9 Å². The molecular formula is C14H15N5O2. The maximum absolute atomic E-state index is 12.1. The van der Waals surface area contributed by atoms with Crippen LogP contribution < -0.4 is 10.6 Å². The number of hydrogen-bond acceptors (Lipinski definition) is 4. The summed E-state index contributed by atoms with van der Waals surface area (Å²) in [5.41, 5.74) is 1.10. The lowest BCUT2D eigenvalue weighted by Gasteiger charge is -2.22. The molecule has 0 spiro atoms. The third kappa shape index (κ3) is 3.07. The number of carbonyl (C=O) groups is 2. The molecule has 21 heavy (non-hydrogen) atoms. The van der Waals surface area contributed by atoms with E-state index in [0.717, 1.165) is 5.69 Å². The number of hydrogen-bond donors (Lipinski definition) is 2. The number of amides is 2. The van der Waals surface area contributed by atoms with Gasteiger partial charge in [0.1, 0.15) is 0 Å². The van der Waals surface area contributed by atoms with Crippen molar-refractivity contribution in [3.63, 3.8) is 0 Å². The summed E-state index contributed by atoms with van der Waals surface area (Å²) in [5.74, 6) is -0.256. The number of rotatable bonds is 3. The summed E-state index contributed by atoms with van der Waals surface area (Å²) in [5, 5.41) is 13.4. The first-order chi connectivity index (χ1) is 10.2. The van der Waals surface area contributed by atoms with E-state index in [1.165, 1.54) is 0 Å². The molecular weight excluding hydrogens is 270 g/mol. The third-order valence-electron chi connectivity index (χ3n) is 3.35. The van der Waals surface area contributed by atoms with Crippen LogP contribution in [0.3, 0.4) is 0 Å². The molecule has 2 N–H and O–H groups in total. The van der Waals surface area contributed by atoms with Crippen molar-refractivity contribution in [3.05, 3.63) is 42.2 Å². The fraction of sp³-hybridized carbons (Fsp3) is 0.286. The first-order valence-electron chi connectivity index (χ1n) is 6.78. The number of nitrogens with one attached hydrogen (secondary N) is 2. The highest BCUT2D eigenvalue weighted by Gasteiger charge is 2.21. The molecule has 3 rings (SSSR count). The van der Waals surface area contributed by atoms with E-state index in [1.807, 2.05) is 30.3 Å². The summed E-state index contributed by atoms with van der Waals surface area (Å²) in [6, 6.07) is 9.39. The zero-order valence-electron chi connectivity index (χ0n) is 11.3. The quantitative estimate of drug-likeness (QED) is 0.847. The van der Waals surface area contributed by atoms with Gasteiger partial charge in [-0.25, -0.2) is 4.68 Å². The first kappa shape index (κ1) is 13.3. The second-order valence-corrected chi connectivity index (χ2v) is 4.90. The fourth-order valence-corrected chi connectivity index (χ4v) is 2.19. The normalized spacial score (nSPS) is 18.1. The lowest BCUT2D eigenvalue weighted by Crippen LogP contribution is -2.47. The molecule has 2 amide bonds. The molecule has 2 aromatic rings. The van der Waals surface area contributed by atoms with Crippen LogP contribution in [0, 0.1) is 0 Å². The van der Waals surface area contributed by atoms with Gasteiger partial charge in [-0.15, -0.1) is 5.10 Å². The molecule has 1 aliphatic rings. The zero-order chi connectivity index (χ0) is 14.7. The maximum atomic E-state index is 12.1. The molecule has 108 valence electrons. The Morgan fingerprint density at radius 3 is 2.86 bits per heavy atom. The summed E-state index contributed by atoms with van der Waals surface area (Å²) < 4.78 is 1.55. The Bertz CT molecular complexity index is 642. The topological polar surface area (TPSA) is 88.9 Å². The summed E-state index contributed by atoms with van der Waals surface area (Å²) in [6.07, 6.45) is 2.66. The van der Waals surface area contributed by atoms with Crippen molar-refractivity contribution >= 4 is 11.8 Å². The number of aromatic nitrogens is 3. The predicted octanol–water partition coefficient (Wildman–Crippen LogP) is 0.276. The van der Waals surface area contributed by atoms with Crippen molar-refractivity contribution in [2.45, 2.75) is 18.9 Å². The van der Waals surface area contributed by atoms with Gasteiger partial charge < -0.3 is 10.6 Å². The third-order valence-corrected chi connectivity index (χ3v) is 3.35. The van der Waals surface area contributed by atoms with Gasteiger partial charge in [0.25, 0.3) is 5.91 Å². The zero-order valence-corrected chi connectivity index (χ0v) is 11.3. The van der Waals surface area contributed by atoms with Gasteiger partial charge in [-0.3, -0.25) is 9.59 Å². The van der Waals surface area contributed by atoms with E-state index in [1.54, 1.807) is 10.9 Å². The Labute approximate surface area is 121 Å². The Hall–Kier alpha value is -2.70. The van der Waals surface area contributed by atoms with Crippen LogP contribution in [0.2, 0.25) is 0 Å². The number of benzene rings is 1. The van der Waals surface area contributed by atoms with Crippen molar-refractivity contribution in [1.82, 2.24) is 25.6 Å². The molecule has 0 saturated carbocycles. The van der Waals surface area contributed by atoms with Crippen LogP contribution in [-0.4, -0.2) is 39.4 Å². The molecule has 0 aliphatic carbocycles. The molecule has 1 saturated heterocycles. The van der Waals surface area contributed by atoms with Gasteiger partial charge in [0.05, 0.1) is 11.9 Å². The molecule has 1 atom stereocenters.